The summed E-state index contributed by atoms with van der Waals surface area (Å²) in [7, 11) is 0. The first-order chi connectivity index (χ1) is 12.1. The van der Waals surface area contributed by atoms with E-state index in [1.807, 2.05) is 31.2 Å². The number of carbonyl (C=O) groups is 2. The third-order valence-electron chi connectivity index (χ3n) is 3.59. The predicted molar refractivity (Wildman–Crippen MR) is 93.2 cm³/mol. The number of ether oxygens (including phenoxy) is 3. The van der Waals surface area contributed by atoms with Crippen molar-refractivity contribution in [3.8, 4) is 17.2 Å². The Morgan fingerprint density at radius 1 is 1.16 bits per heavy atom. The Bertz CT molecular complexity index is 851. The van der Waals surface area contributed by atoms with E-state index in [1.165, 1.54) is 6.92 Å². The molecular weight excluding hydrogens is 320 g/mol. The minimum absolute atomic E-state index is 0.0167. The van der Waals surface area contributed by atoms with E-state index in [9.17, 15) is 9.59 Å². The first-order valence-electron chi connectivity index (χ1n) is 8.01. The van der Waals surface area contributed by atoms with E-state index in [0.29, 0.717) is 29.4 Å². The van der Waals surface area contributed by atoms with Gasteiger partial charge in [0.05, 0.1) is 12.2 Å². The Kier molecular flexibility index (Phi) is 4.84. The van der Waals surface area contributed by atoms with Crippen LogP contribution in [0.2, 0.25) is 0 Å². The van der Waals surface area contributed by atoms with E-state index in [1.54, 1.807) is 24.3 Å². The van der Waals surface area contributed by atoms with Crippen LogP contribution in [0.1, 0.15) is 29.8 Å². The van der Waals surface area contributed by atoms with Gasteiger partial charge in [-0.05, 0) is 38.1 Å². The zero-order valence-electron chi connectivity index (χ0n) is 14.1. The minimum Gasteiger partial charge on any atom is -0.493 e. The van der Waals surface area contributed by atoms with E-state index in [4.69, 9.17) is 14.2 Å². The minimum atomic E-state index is -0.195. The normalized spacial score (nSPS) is 14.2. The Hall–Kier alpha value is -3.08. The van der Waals surface area contributed by atoms with Crippen LogP contribution in [0, 0.1) is 0 Å². The van der Waals surface area contributed by atoms with Gasteiger partial charge in [-0.15, -0.1) is 0 Å². The smallest absolute Gasteiger partial charge is 0.231 e. The second-order valence-corrected chi connectivity index (χ2v) is 5.56. The van der Waals surface area contributed by atoms with Crippen molar-refractivity contribution in [1.82, 2.24) is 0 Å². The lowest BCUT2D eigenvalue weighted by molar-refractivity contribution is -0.118. The number of rotatable bonds is 6. The van der Waals surface area contributed by atoms with Crippen molar-refractivity contribution in [2.45, 2.75) is 13.8 Å². The Morgan fingerprint density at radius 3 is 2.72 bits per heavy atom. The molecule has 0 fully saturated rings. The topological polar surface area (TPSA) is 61.8 Å². The summed E-state index contributed by atoms with van der Waals surface area (Å²) in [5.41, 5.74) is 1.24. The molecule has 0 radical (unpaired) electrons. The molecular formula is C20H18O5. The molecule has 1 aliphatic heterocycles. The van der Waals surface area contributed by atoms with Gasteiger partial charge in [-0.2, -0.15) is 0 Å². The van der Waals surface area contributed by atoms with Gasteiger partial charge in [0, 0.05) is 11.6 Å². The van der Waals surface area contributed by atoms with E-state index in [2.05, 4.69) is 0 Å². The molecule has 0 N–H and O–H groups in total. The summed E-state index contributed by atoms with van der Waals surface area (Å²) >= 11 is 0. The molecule has 5 nitrogen and oxygen atoms in total. The molecule has 0 bridgehead atoms. The summed E-state index contributed by atoms with van der Waals surface area (Å²) in [6, 6.07) is 12.4. The van der Waals surface area contributed by atoms with E-state index in [-0.39, 0.29) is 23.9 Å². The van der Waals surface area contributed by atoms with Crippen molar-refractivity contribution < 1.29 is 23.8 Å². The number of hydrogen-bond acceptors (Lipinski definition) is 5. The number of carbonyl (C=O) groups excluding carboxylic acids is 2. The summed E-state index contributed by atoms with van der Waals surface area (Å²) in [6.07, 6.45) is 1.67. The van der Waals surface area contributed by atoms with Crippen LogP contribution in [0.3, 0.4) is 0 Å². The summed E-state index contributed by atoms with van der Waals surface area (Å²) < 4.78 is 16.6. The lowest BCUT2D eigenvalue weighted by Gasteiger charge is -2.07. The Balaban J connectivity index is 1.86. The molecule has 0 spiro atoms. The van der Waals surface area contributed by atoms with Gasteiger partial charge < -0.3 is 14.2 Å². The van der Waals surface area contributed by atoms with E-state index < -0.39 is 0 Å². The number of hydrogen-bond donors (Lipinski definition) is 0. The molecule has 0 saturated heterocycles. The molecule has 2 aromatic rings. The second kappa shape index (κ2) is 7.21. The second-order valence-electron chi connectivity index (χ2n) is 5.56. The highest BCUT2D eigenvalue weighted by Crippen LogP contribution is 2.35. The van der Waals surface area contributed by atoms with Crippen LogP contribution in [-0.2, 0) is 4.79 Å². The monoisotopic (exact) mass is 338 g/mol. The van der Waals surface area contributed by atoms with Gasteiger partial charge in [-0.3, -0.25) is 9.59 Å². The summed E-state index contributed by atoms with van der Waals surface area (Å²) in [5, 5.41) is 0. The molecule has 1 aliphatic rings. The maximum absolute atomic E-state index is 12.5. The summed E-state index contributed by atoms with van der Waals surface area (Å²) in [6.45, 7) is 3.87. The fourth-order valence-electron chi connectivity index (χ4n) is 2.47. The zero-order chi connectivity index (χ0) is 17.8. The average Bonchev–Trinajstić information content (AvgIpc) is 2.90. The molecule has 0 aliphatic carbocycles. The number of benzene rings is 2. The molecule has 3 rings (SSSR count). The zero-order valence-corrected chi connectivity index (χ0v) is 14.1. The van der Waals surface area contributed by atoms with Crippen molar-refractivity contribution in [1.29, 1.82) is 0 Å². The molecule has 128 valence electrons. The number of Topliss-reactive ketones (excluding diaryl/α,β-unsaturated/α-hetero) is 2. The Labute approximate surface area is 145 Å². The van der Waals surface area contributed by atoms with E-state index >= 15 is 0 Å². The SMILES string of the molecule is CCOc1ccccc1C=C1Oc2cc(OCC(C)=O)ccc2C1=O. The third-order valence-corrected chi connectivity index (χ3v) is 3.59. The van der Waals surface area contributed by atoms with Crippen molar-refractivity contribution in [2.75, 3.05) is 13.2 Å². The van der Waals surface area contributed by atoms with Gasteiger partial charge in [-0.25, -0.2) is 0 Å². The van der Waals surface area contributed by atoms with Gasteiger partial charge >= 0.3 is 0 Å². The molecule has 0 aromatic heterocycles. The molecule has 2 aromatic carbocycles. The fraction of sp³-hybridized carbons (Fsp3) is 0.200. The van der Waals surface area contributed by atoms with E-state index in [0.717, 1.165) is 5.56 Å². The van der Waals surface area contributed by atoms with Crippen LogP contribution >= 0.6 is 0 Å². The molecule has 25 heavy (non-hydrogen) atoms. The van der Waals surface area contributed by atoms with Gasteiger partial charge in [0.1, 0.15) is 23.9 Å². The highest BCUT2D eigenvalue weighted by molar-refractivity contribution is 6.14. The summed E-state index contributed by atoms with van der Waals surface area (Å²) in [5.74, 6) is 1.55. The quantitative estimate of drug-likeness (QED) is 0.752. The van der Waals surface area contributed by atoms with Crippen molar-refractivity contribution in [3.05, 3.63) is 59.4 Å². The lowest BCUT2D eigenvalue weighted by Crippen LogP contribution is -2.06. The van der Waals surface area contributed by atoms with Crippen molar-refractivity contribution >= 4 is 17.6 Å². The van der Waals surface area contributed by atoms with Gasteiger partial charge in [-0.1, -0.05) is 18.2 Å². The van der Waals surface area contributed by atoms with Crippen LogP contribution in [0.25, 0.3) is 6.08 Å². The maximum atomic E-state index is 12.5. The fourth-order valence-corrected chi connectivity index (χ4v) is 2.47. The highest BCUT2D eigenvalue weighted by Gasteiger charge is 2.28. The number of ketones is 2. The largest absolute Gasteiger partial charge is 0.493 e. The first kappa shape index (κ1) is 16.8. The molecule has 0 amide bonds. The highest BCUT2D eigenvalue weighted by atomic mass is 16.5. The van der Waals surface area contributed by atoms with Crippen molar-refractivity contribution in [2.24, 2.45) is 0 Å². The van der Waals surface area contributed by atoms with Crippen LogP contribution in [0.5, 0.6) is 17.2 Å². The third kappa shape index (κ3) is 3.71. The van der Waals surface area contributed by atoms with Crippen LogP contribution in [0.4, 0.5) is 0 Å². The van der Waals surface area contributed by atoms with Gasteiger partial charge in [0.25, 0.3) is 0 Å². The number of fused-ring (bicyclic) bond motifs is 1. The molecule has 0 saturated carbocycles. The van der Waals surface area contributed by atoms with Crippen LogP contribution < -0.4 is 14.2 Å². The number of allylic oxidation sites excluding steroid dienone is 1. The first-order valence-corrected chi connectivity index (χ1v) is 8.01. The maximum Gasteiger partial charge on any atom is 0.231 e. The molecule has 1 heterocycles. The van der Waals surface area contributed by atoms with Gasteiger partial charge in [0.15, 0.2) is 11.5 Å². The summed E-state index contributed by atoms with van der Waals surface area (Å²) in [4.78, 5) is 23.5. The standard InChI is InChI=1S/C20H18O5/c1-3-23-17-7-5-4-6-14(17)10-19-20(22)16-9-8-15(11-18(16)25-19)24-12-13(2)21/h4-11H,3,12H2,1-2H3. The van der Waals surface area contributed by atoms with Crippen molar-refractivity contribution in [3.63, 3.8) is 0 Å². The Morgan fingerprint density at radius 2 is 1.96 bits per heavy atom. The van der Waals surface area contributed by atoms with Crippen LogP contribution in [0.15, 0.2) is 48.2 Å². The van der Waals surface area contributed by atoms with Gasteiger partial charge in [0.2, 0.25) is 5.78 Å². The molecule has 0 unspecified atom stereocenters. The molecule has 0 atom stereocenters. The number of para-hydroxylation sites is 1. The lowest BCUT2D eigenvalue weighted by atomic mass is 10.1. The van der Waals surface area contributed by atoms with Crippen LogP contribution in [-0.4, -0.2) is 24.8 Å². The predicted octanol–water partition coefficient (Wildman–Crippen LogP) is 3.67. The average molecular weight is 338 g/mol. The molecule has 5 heteroatoms.